The lowest BCUT2D eigenvalue weighted by atomic mass is 10.0. The van der Waals surface area contributed by atoms with Gasteiger partial charge in [-0.2, -0.15) is 0 Å². The fraction of sp³-hybridized carbons (Fsp3) is 0.350. The molecule has 1 aliphatic carbocycles. The number of nitrogens with zero attached hydrogens (tertiary/aromatic N) is 4. The van der Waals surface area contributed by atoms with Gasteiger partial charge in [0.25, 0.3) is 0 Å². The second-order valence-corrected chi connectivity index (χ2v) is 6.80. The third-order valence-corrected chi connectivity index (χ3v) is 4.90. The van der Waals surface area contributed by atoms with Gasteiger partial charge in [0.2, 0.25) is 5.95 Å². The maximum atomic E-state index is 13.2. The van der Waals surface area contributed by atoms with E-state index in [0.717, 1.165) is 36.4 Å². The highest BCUT2D eigenvalue weighted by Crippen LogP contribution is 2.44. The van der Waals surface area contributed by atoms with E-state index in [1.54, 1.807) is 24.7 Å². The van der Waals surface area contributed by atoms with Crippen molar-refractivity contribution in [2.75, 3.05) is 0 Å². The molecule has 0 spiro atoms. The van der Waals surface area contributed by atoms with Crippen LogP contribution < -0.4 is 0 Å². The van der Waals surface area contributed by atoms with Gasteiger partial charge in [-0.3, -0.25) is 4.57 Å². The largest absolute Gasteiger partial charge is 0.274 e. The van der Waals surface area contributed by atoms with Gasteiger partial charge in [0, 0.05) is 24.3 Å². The zero-order valence-corrected chi connectivity index (χ0v) is 14.1. The lowest BCUT2D eigenvalue weighted by molar-refractivity contribution is 0.597. The molecular formula is C20H21FN4. The molecule has 2 aromatic heterocycles. The summed E-state index contributed by atoms with van der Waals surface area (Å²) in [7, 11) is 0. The lowest BCUT2D eigenvalue weighted by Gasteiger charge is -2.04. The zero-order chi connectivity index (χ0) is 17.1. The zero-order valence-electron chi connectivity index (χ0n) is 14.1. The van der Waals surface area contributed by atoms with Gasteiger partial charge in [-0.15, -0.1) is 0 Å². The van der Waals surface area contributed by atoms with Gasteiger partial charge in [0.05, 0.1) is 0 Å². The molecule has 2 heterocycles. The number of imidazole rings is 1. The van der Waals surface area contributed by atoms with Crippen molar-refractivity contribution in [2.45, 2.75) is 32.1 Å². The van der Waals surface area contributed by atoms with E-state index in [9.17, 15) is 4.39 Å². The Kier molecular flexibility index (Phi) is 4.55. The summed E-state index contributed by atoms with van der Waals surface area (Å²) in [5, 5.41) is 0. The van der Waals surface area contributed by atoms with Crippen LogP contribution in [0.1, 0.15) is 30.5 Å². The van der Waals surface area contributed by atoms with Gasteiger partial charge in [0.15, 0.2) is 0 Å². The Bertz CT molecular complexity index is 831. The highest BCUT2D eigenvalue weighted by atomic mass is 19.1. The molecule has 1 aromatic carbocycles. The molecule has 0 aliphatic heterocycles. The molecule has 4 rings (SSSR count). The van der Waals surface area contributed by atoms with Crippen molar-refractivity contribution in [1.29, 1.82) is 0 Å². The van der Waals surface area contributed by atoms with E-state index < -0.39 is 0 Å². The fourth-order valence-corrected chi connectivity index (χ4v) is 3.45. The van der Waals surface area contributed by atoms with Crippen LogP contribution >= 0.6 is 0 Å². The number of benzene rings is 1. The molecule has 2 unspecified atom stereocenters. The second-order valence-electron chi connectivity index (χ2n) is 6.80. The molecule has 128 valence electrons. The minimum Gasteiger partial charge on any atom is -0.274 e. The number of halogens is 1. The number of rotatable bonds is 7. The minimum atomic E-state index is -0.132. The van der Waals surface area contributed by atoms with Gasteiger partial charge in [0.1, 0.15) is 12.1 Å². The van der Waals surface area contributed by atoms with Crippen molar-refractivity contribution in [3.8, 4) is 5.95 Å². The minimum absolute atomic E-state index is 0.132. The van der Waals surface area contributed by atoms with Gasteiger partial charge in [-0.25, -0.2) is 19.3 Å². The molecular weight excluding hydrogens is 315 g/mol. The van der Waals surface area contributed by atoms with Crippen molar-refractivity contribution < 1.29 is 4.39 Å². The van der Waals surface area contributed by atoms with E-state index in [-0.39, 0.29) is 5.82 Å². The number of aromatic nitrogens is 4. The summed E-state index contributed by atoms with van der Waals surface area (Å²) >= 11 is 0. The van der Waals surface area contributed by atoms with Crippen molar-refractivity contribution in [2.24, 2.45) is 11.8 Å². The molecule has 1 saturated carbocycles. The fourth-order valence-electron chi connectivity index (χ4n) is 3.45. The predicted molar refractivity (Wildman–Crippen MR) is 93.8 cm³/mol. The van der Waals surface area contributed by atoms with E-state index in [1.807, 2.05) is 29.1 Å². The molecule has 25 heavy (non-hydrogen) atoms. The molecule has 0 saturated heterocycles. The summed E-state index contributed by atoms with van der Waals surface area (Å²) in [6, 6.07) is 8.98. The van der Waals surface area contributed by atoms with E-state index in [1.165, 1.54) is 18.9 Å². The molecule has 4 nitrogen and oxygen atoms in total. The van der Waals surface area contributed by atoms with Crippen LogP contribution in [0, 0.1) is 17.7 Å². The molecule has 1 aliphatic rings. The summed E-state index contributed by atoms with van der Waals surface area (Å²) in [5.74, 6) is 2.03. The molecule has 0 radical (unpaired) electrons. The van der Waals surface area contributed by atoms with Gasteiger partial charge in [-0.1, -0.05) is 12.1 Å². The quantitative estimate of drug-likeness (QED) is 0.655. The van der Waals surface area contributed by atoms with Crippen LogP contribution in [0.4, 0.5) is 4.39 Å². The maximum absolute atomic E-state index is 13.2. The Balaban J connectivity index is 1.25. The number of hydrogen-bond acceptors (Lipinski definition) is 3. The average Bonchev–Trinajstić information content (AvgIpc) is 3.11. The highest BCUT2D eigenvalue weighted by Gasteiger charge is 2.35. The topological polar surface area (TPSA) is 43.6 Å². The standard InChI is InChI=1S/C20H21FN4/c21-18-5-1-3-15(12-18)11-17-13-16(17)4-2-6-19-7-8-23-20(24-19)25-10-9-22-14-25/h1,3,5,7-10,12,14,16-17H,2,4,6,11,13H2. The van der Waals surface area contributed by atoms with Crippen LogP contribution in [0.5, 0.6) is 0 Å². The van der Waals surface area contributed by atoms with E-state index in [4.69, 9.17) is 0 Å². The van der Waals surface area contributed by atoms with Crippen LogP contribution in [0.3, 0.4) is 0 Å². The number of hydrogen-bond donors (Lipinski definition) is 0. The Morgan fingerprint density at radius 1 is 1.16 bits per heavy atom. The van der Waals surface area contributed by atoms with Crippen LogP contribution in [-0.4, -0.2) is 19.5 Å². The molecule has 3 aromatic rings. The first kappa shape index (κ1) is 15.9. The van der Waals surface area contributed by atoms with Gasteiger partial charge < -0.3 is 0 Å². The van der Waals surface area contributed by atoms with Crippen molar-refractivity contribution in [3.63, 3.8) is 0 Å². The average molecular weight is 336 g/mol. The third-order valence-electron chi connectivity index (χ3n) is 4.90. The van der Waals surface area contributed by atoms with E-state index in [2.05, 4.69) is 15.0 Å². The molecule has 0 amide bonds. The highest BCUT2D eigenvalue weighted by molar-refractivity contribution is 5.18. The maximum Gasteiger partial charge on any atom is 0.235 e. The Morgan fingerprint density at radius 3 is 2.96 bits per heavy atom. The van der Waals surface area contributed by atoms with Gasteiger partial charge >= 0.3 is 0 Å². The van der Waals surface area contributed by atoms with Gasteiger partial charge in [-0.05, 0) is 67.7 Å². The van der Waals surface area contributed by atoms with Crippen LogP contribution in [0.2, 0.25) is 0 Å². The first-order valence-electron chi connectivity index (χ1n) is 8.82. The predicted octanol–water partition coefficient (Wildman–Crippen LogP) is 4.00. The number of aryl methyl sites for hydroxylation is 1. The summed E-state index contributed by atoms with van der Waals surface area (Å²) in [4.78, 5) is 12.9. The first-order valence-corrected chi connectivity index (χ1v) is 8.82. The SMILES string of the molecule is Fc1cccc(CC2CC2CCCc2ccnc(-n3ccnc3)n2)c1. The molecule has 0 bridgehead atoms. The Labute approximate surface area is 146 Å². The van der Waals surface area contributed by atoms with Crippen LogP contribution in [-0.2, 0) is 12.8 Å². The normalized spacial score (nSPS) is 19.1. The van der Waals surface area contributed by atoms with Crippen LogP contribution in [0.15, 0.2) is 55.2 Å². The smallest absolute Gasteiger partial charge is 0.235 e. The first-order chi connectivity index (χ1) is 12.3. The van der Waals surface area contributed by atoms with Crippen LogP contribution in [0.25, 0.3) is 5.95 Å². The Morgan fingerprint density at radius 2 is 2.12 bits per heavy atom. The molecule has 5 heteroatoms. The summed E-state index contributed by atoms with van der Waals surface area (Å²) in [6.07, 6.45) is 12.7. The lowest BCUT2D eigenvalue weighted by Crippen LogP contribution is -2.01. The van der Waals surface area contributed by atoms with Crippen molar-refractivity contribution in [1.82, 2.24) is 19.5 Å². The summed E-state index contributed by atoms with van der Waals surface area (Å²) in [6.45, 7) is 0. The van der Waals surface area contributed by atoms with E-state index >= 15 is 0 Å². The third kappa shape index (κ3) is 4.10. The molecule has 0 N–H and O–H groups in total. The van der Waals surface area contributed by atoms with Crippen molar-refractivity contribution in [3.05, 3.63) is 72.3 Å². The molecule has 2 atom stereocenters. The van der Waals surface area contributed by atoms with Crippen molar-refractivity contribution >= 4 is 0 Å². The second kappa shape index (κ2) is 7.13. The van der Waals surface area contributed by atoms with E-state index in [0.29, 0.717) is 11.9 Å². The Hall–Kier alpha value is -2.56. The summed E-state index contributed by atoms with van der Waals surface area (Å²) < 4.78 is 15.1. The summed E-state index contributed by atoms with van der Waals surface area (Å²) in [5.41, 5.74) is 2.19. The monoisotopic (exact) mass is 336 g/mol. The molecule has 1 fully saturated rings.